The van der Waals surface area contributed by atoms with E-state index in [9.17, 15) is 10.1 Å². The number of carbonyl (C=O) groups excluding carboxylic acids is 1. The topological polar surface area (TPSA) is 57.2 Å². The minimum Gasteiger partial charge on any atom is -0.459 e. The molecule has 0 aliphatic rings. The molecule has 0 saturated carbocycles. The highest BCUT2D eigenvalue weighted by atomic mass is 16.3. The van der Waals surface area contributed by atoms with Gasteiger partial charge in [-0.25, -0.2) is 0 Å². The molecule has 0 aliphatic heterocycles. The highest BCUT2D eigenvalue weighted by Crippen LogP contribution is 2.23. The lowest BCUT2D eigenvalue weighted by molar-refractivity contribution is 0.0731. The van der Waals surface area contributed by atoms with Crippen molar-refractivity contribution in [1.82, 2.24) is 4.90 Å². The van der Waals surface area contributed by atoms with Crippen LogP contribution < -0.4 is 0 Å². The van der Waals surface area contributed by atoms with Gasteiger partial charge in [0.25, 0.3) is 5.91 Å². The fraction of sp³-hybridized carbons (Fsp3) is 0.200. The van der Waals surface area contributed by atoms with Gasteiger partial charge in [-0.05, 0) is 30.2 Å². The zero-order valence-electron chi connectivity index (χ0n) is 10.8. The van der Waals surface area contributed by atoms with E-state index in [-0.39, 0.29) is 11.7 Å². The zero-order chi connectivity index (χ0) is 13.8. The Kier molecular flexibility index (Phi) is 3.67. The van der Waals surface area contributed by atoms with Crippen LogP contribution in [0.1, 0.15) is 27.7 Å². The maximum absolute atomic E-state index is 12.2. The number of hydrogen-bond acceptors (Lipinski definition) is 3. The highest BCUT2D eigenvalue weighted by molar-refractivity contribution is 5.91. The van der Waals surface area contributed by atoms with Gasteiger partial charge in [0, 0.05) is 7.05 Å². The number of furan rings is 1. The van der Waals surface area contributed by atoms with E-state index in [1.165, 1.54) is 11.2 Å². The molecule has 1 unspecified atom stereocenters. The van der Waals surface area contributed by atoms with Gasteiger partial charge in [0.1, 0.15) is 6.04 Å². The van der Waals surface area contributed by atoms with Crippen LogP contribution in [0.2, 0.25) is 0 Å². The standard InChI is InChI=1S/C15H14N2O2/c1-11-6-3-4-7-12(11)13(10-16)17(2)15(18)14-8-5-9-19-14/h3-9,13H,1-2H3. The molecule has 0 spiro atoms. The third-order valence-corrected chi connectivity index (χ3v) is 3.04. The predicted octanol–water partition coefficient (Wildman–Crippen LogP) is 2.92. The summed E-state index contributed by atoms with van der Waals surface area (Å²) in [5.74, 6) is -0.0730. The molecule has 96 valence electrons. The van der Waals surface area contributed by atoms with E-state index in [0.717, 1.165) is 11.1 Å². The Morgan fingerprint density at radius 1 is 1.32 bits per heavy atom. The molecular weight excluding hydrogens is 240 g/mol. The van der Waals surface area contributed by atoms with Gasteiger partial charge in [-0.3, -0.25) is 4.79 Å². The Hall–Kier alpha value is -2.54. The van der Waals surface area contributed by atoms with E-state index >= 15 is 0 Å². The Morgan fingerprint density at radius 3 is 2.63 bits per heavy atom. The minimum atomic E-state index is -0.626. The summed E-state index contributed by atoms with van der Waals surface area (Å²) in [5.41, 5.74) is 1.81. The summed E-state index contributed by atoms with van der Waals surface area (Å²) in [5, 5.41) is 9.35. The summed E-state index contributed by atoms with van der Waals surface area (Å²) < 4.78 is 5.08. The second-order valence-electron chi connectivity index (χ2n) is 4.28. The molecule has 4 nitrogen and oxygen atoms in total. The maximum atomic E-state index is 12.2. The highest BCUT2D eigenvalue weighted by Gasteiger charge is 2.24. The van der Waals surface area contributed by atoms with Crippen LogP contribution in [0.3, 0.4) is 0 Å². The second kappa shape index (κ2) is 5.40. The number of aryl methyl sites for hydroxylation is 1. The molecule has 1 atom stereocenters. The lowest BCUT2D eigenvalue weighted by Gasteiger charge is -2.23. The quantitative estimate of drug-likeness (QED) is 0.846. The molecule has 1 amide bonds. The number of hydrogen-bond donors (Lipinski definition) is 0. The van der Waals surface area contributed by atoms with Crippen molar-refractivity contribution >= 4 is 5.91 Å². The third kappa shape index (κ3) is 2.50. The van der Waals surface area contributed by atoms with Gasteiger partial charge in [-0.2, -0.15) is 5.26 Å². The maximum Gasteiger partial charge on any atom is 0.290 e. The number of nitriles is 1. The summed E-state index contributed by atoms with van der Waals surface area (Å²) in [4.78, 5) is 13.6. The average Bonchev–Trinajstić information content (AvgIpc) is 2.94. The number of benzene rings is 1. The molecule has 2 rings (SSSR count). The first kappa shape index (κ1) is 12.9. The number of nitrogens with zero attached hydrogens (tertiary/aromatic N) is 2. The normalized spacial score (nSPS) is 11.6. The molecule has 0 saturated heterocycles. The molecule has 1 aromatic carbocycles. The minimum absolute atomic E-state index is 0.233. The largest absolute Gasteiger partial charge is 0.459 e. The smallest absolute Gasteiger partial charge is 0.290 e. The van der Waals surface area contributed by atoms with Crippen LogP contribution >= 0.6 is 0 Å². The monoisotopic (exact) mass is 254 g/mol. The lowest BCUT2D eigenvalue weighted by atomic mass is 10.0. The molecule has 0 radical (unpaired) electrons. The van der Waals surface area contributed by atoms with Gasteiger partial charge in [-0.15, -0.1) is 0 Å². The van der Waals surface area contributed by atoms with Crippen LogP contribution in [0.15, 0.2) is 47.1 Å². The molecule has 0 fully saturated rings. The van der Waals surface area contributed by atoms with Crippen molar-refractivity contribution in [3.05, 3.63) is 59.5 Å². The molecule has 0 N–H and O–H groups in total. The average molecular weight is 254 g/mol. The van der Waals surface area contributed by atoms with E-state index in [0.29, 0.717) is 0 Å². The van der Waals surface area contributed by atoms with Gasteiger partial charge in [0.05, 0.1) is 12.3 Å². The molecule has 0 bridgehead atoms. The summed E-state index contributed by atoms with van der Waals surface area (Å²) in [6, 6.07) is 12.3. The zero-order valence-corrected chi connectivity index (χ0v) is 10.8. The van der Waals surface area contributed by atoms with Gasteiger partial charge >= 0.3 is 0 Å². The summed E-state index contributed by atoms with van der Waals surface area (Å²) >= 11 is 0. The Labute approximate surface area is 111 Å². The molecular formula is C15H14N2O2. The molecule has 1 aromatic heterocycles. The first-order chi connectivity index (χ1) is 9.15. The van der Waals surface area contributed by atoms with Crippen molar-refractivity contribution in [3.8, 4) is 6.07 Å². The van der Waals surface area contributed by atoms with Gasteiger partial charge in [0.2, 0.25) is 0 Å². The van der Waals surface area contributed by atoms with Crippen molar-refractivity contribution in [3.63, 3.8) is 0 Å². The lowest BCUT2D eigenvalue weighted by Crippen LogP contribution is -2.30. The molecule has 1 heterocycles. The fourth-order valence-electron chi connectivity index (χ4n) is 1.95. The van der Waals surface area contributed by atoms with E-state index < -0.39 is 6.04 Å². The number of rotatable bonds is 3. The van der Waals surface area contributed by atoms with Crippen LogP contribution in [-0.2, 0) is 0 Å². The van der Waals surface area contributed by atoms with Crippen LogP contribution in [0.5, 0.6) is 0 Å². The van der Waals surface area contributed by atoms with Crippen LogP contribution in [0.25, 0.3) is 0 Å². The Morgan fingerprint density at radius 2 is 2.05 bits per heavy atom. The van der Waals surface area contributed by atoms with Gasteiger partial charge < -0.3 is 9.32 Å². The summed E-state index contributed by atoms with van der Waals surface area (Å²) in [6.45, 7) is 1.92. The van der Waals surface area contributed by atoms with Crippen molar-refractivity contribution in [2.45, 2.75) is 13.0 Å². The van der Waals surface area contributed by atoms with E-state index in [1.54, 1.807) is 19.2 Å². The molecule has 2 aromatic rings. The van der Waals surface area contributed by atoms with E-state index in [4.69, 9.17) is 4.42 Å². The fourth-order valence-corrected chi connectivity index (χ4v) is 1.95. The predicted molar refractivity (Wildman–Crippen MR) is 70.3 cm³/mol. The van der Waals surface area contributed by atoms with Crippen LogP contribution in [0.4, 0.5) is 0 Å². The summed E-state index contributed by atoms with van der Waals surface area (Å²) in [6.07, 6.45) is 1.44. The Bertz CT molecular complexity index is 611. The van der Waals surface area contributed by atoms with Crippen molar-refractivity contribution < 1.29 is 9.21 Å². The number of carbonyl (C=O) groups is 1. The van der Waals surface area contributed by atoms with E-state index in [1.807, 2.05) is 31.2 Å². The molecule has 19 heavy (non-hydrogen) atoms. The van der Waals surface area contributed by atoms with Crippen molar-refractivity contribution in [2.24, 2.45) is 0 Å². The van der Waals surface area contributed by atoms with Gasteiger partial charge in [-0.1, -0.05) is 24.3 Å². The first-order valence-corrected chi connectivity index (χ1v) is 5.91. The number of amides is 1. The van der Waals surface area contributed by atoms with Crippen molar-refractivity contribution in [2.75, 3.05) is 7.05 Å². The van der Waals surface area contributed by atoms with Crippen LogP contribution in [-0.4, -0.2) is 17.9 Å². The third-order valence-electron chi connectivity index (χ3n) is 3.04. The molecule has 4 heteroatoms. The van der Waals surface area contributed by atoms with Gasteiger partial charge in [0.15, 0.2) is 5.76 Å². The molecule has 0 aliphatic carbocycles. The Balaban J connectivity index is 2.31. The van der Waals surface area contributed by atoms with Crippen molar-refractivity contribution in [1.29, 1.82) is 5.26 Å². The summed E-state index contributed by atoms with van der Waals surface area (Å²) in [7, 11) is 1.60. The second-order valence-corrected chi connectivity index (χ2v) is 4.28. The first-order valence-electron chi connectivity index (χ1n) is 5.91. The van der Waals surface area contributed by atoms with Crippen LogP contribution in [0, 0.1) is 18.3 Å². The van der Waals surface area contributed by atoms with E-state index in [2.05, 4.69) is 6.07 Å². The SMILES string of the molecule is Cc1ccccc1C(C#N)N(C)C(=O)c1ccco1.